The first-order valence-corrected chi connectivity index (χ1v) is 10.9. The Hall–Kier alpha value is -3.59. The van der Waals surface area contributed by atoms with E-state index >= 15 is 0 Å². The molecule has 2 aromatic carbocycles. The second-order valence-electron chi connectivity index (χ2n) is 6.84. The molecule has 31 heavy (non-hydrogen) atoms. The van der Waals surface area contributed by atoms with Crippen molar-refractivity contribution in [2.24, 2.45) is 0 Å². The Labute approximate surface area is 178 Å². The summed E-state index contributed by atoms with van der Waals surface area (Å²) in [5.74, 6) is -0.170. The maximum Gasteiger partial charge on any atom is 0.233 e. The number of halogens is 1. The van der Waals surface area contributed by atoms with Crippen LogP contribution in [0.15, 0.2) is 77.0 Å². The fraction of sp³-hybridized carbons (Fsp3) is 0.136. The topological polar surface area (TPSA) is 90.6 Å². The van der Waals surface area contributed by atoms with Crippen molar-refractivity contribution in [1.82, 2.24) is 14.4 Å². The van der Waals surface area contributed by atoms with Gasteiger partial charge in [-0.05, 0) is 36.2 Å². The Morgan fingerprint density at radius 3 is 2.65 bits per heavy atom. The van der Waals surface area contributed by atoms with E-state index in [1.807, 2.05) is 0 Å². The Morgan fingerprint density at radius 1 is 1.13 bits per heavy atom. The van der Waals surface area contributed by atoms with E-state index in [0.717, 1.165) is 17.7 Å². The van der Waals surface area contributed by atoms with Crippen LogP contribution in [0.2, 0.25) is 0 Å². The Bertz CT molecular complexity index is 1370. The number of ether oxygens (including phenoxy) is 1. The molecule has 0 aliphatic heterocycles. The van der Waals surface area contributed by atoms with Crippen LogP contribution in [0.4, 0.5) is 4.39 Å². The van der Waals surface area contributed by atoms with Gasteiger partial charge in [0.15, 0.2) is 5.78 Å². The second kappa shape index (κ2) is 8.27. The molecule has 0 bridgehead atoms. The fourth-order valence-corrected chi connectivity index (χ4v) is 4.49. The van der Waals surface area contributed by atoms with Gasteiger partial charge in [-0.2, -0.15) is 0 Å². The largest absolute Gasteiger partial charge is 0.497 e. The van der Waals surface area contributed by atoms with E-state index in [2.05, 4.69) is 9.97 Å². The predicted octanol–water partition coefficient (Wildman–Crippen LogP) is 3.53. The zero-order chi connectivity index (χ0) is 22.0. The zero-order valence-corrected chi connectivity index (χ0v) is 17.3. The molecule has 7 nitrogen and oxygen atoms in total. The number of carbonyl (C=O) groups is 1. The van der Waals surface area contributed by atoms with E-state index in [1.165, 1.54) is 31.5 Å². The Balaban J connectivity index is 1.48. The Morgan fingerprint density at radius 2 is 1.90 bits per heavy atom. The van der Waals surface area contributed by atoms with Gasteiger partial charge < -0.3 is 4.74 Å². The van der Waals surface area contributed by atoms with Gasteiger partial charge in [-0.15, -0.1) is 0 Å². The third-order valence-corrected chi connectivity index (χ3v) is 6.65. The highest BCUT2D eigenvalue weighted by Gasteiger charge is 2.22. The fourth-order valence-electron chi connectivity index (χ4n) is 3.14. The summed E-state index contributed by atoms with van der Waals surface area (Å²) < 4.78 is 46.4. The SMILES string of the molecule is COc1ccc(F)c(S(=O)(=O)c2ccc(CCC(=O)c3cnc4nccn4c3)cc2)c1. The number of sulfone groups is 1. The van der Waals surface area contributed by atoms with Crippen molar-refractivity contribution in [3.8, 4) is 5.75 Å². The number of ketones is 1. The standard InChI is InChI=1S/C22H18FN3O4S/c1-30-17-5-8-19(23)21(12-17)31(28,29)18-6-2-15(3-7-18)4-9-20(27)16-13-25-22-24-10-11-26(22)14-16/h2-3,5-8,10-14H,4,9H2,1H3. The average Bonchev–Trinajstić information content (AvgIpc) is 3.26. The third kappa shape index (κ3) is 4.17. The molecule has 0 spiro atoms. The molecule has 0 atom stereocenters. The molecule has 0 aliphatic rings. The van der Waals surface area contributed by atoms with Gasteiger partial charge in [0.05, 0.1) is 17.6 Å². The number of aryl methyl sites for hydroxylation is 1. The number of methoxy groups -OCH3 is 1. The van der Waals surface area contributed by atoms with Crippen LogP contribution in [0.1, 0.15) is 22.3 Å². The minimum atomic E-state index is -4.05. The summed E-state index contributed by atoms with van der Waals surface area (Å²) in [6, 6.07) is 9.63. The first kappa shape index (κ1) is 20.7. The van der Waals surface area contributed by atoms with Crippen LogP contribution in [0.5, 0.6) is 5.75 Å². The number of fused-ring (bicyclic) bond motifs is 1. The molecule has 4 rings (SSSR count). The molecule has 2 aromatic heterocycles. The van der Waals surface area contributed by atoms with Crippen LogP contribution < -0.4 is 4.74 Å². The lowest BCUT2D eigenvalue weighted by atomic mass is 10.0. The molecular weight excluding hydrogens is 421 g/mol. The molecule has 0 aliphatic carbocycles. The highest BCUT2D eigenvalue weighted by Crippen LogP contribution is 2.27. The summed E-state index contributed by atoms with van der Waals surface area (Å²) in [6.07, 6.45) is 7.14. The molecule has 158 valence electrons. The zero-order valence-electron chi connectivity index (χ0n) is 16.5. The molecular formula is C22H18FN3O4S. The number of carbonyl (C=O) groups excluding carboxylic acids is 1. The molecule has 0 fully saturated rings. The Kier molecular flexibility index (Phi) is 5.51. The summed E-state index contributed by atoms with van der Waals surface area (Å²) >= 11 is 0. The maximum atomic E-state index is 14.1. The molecule has 0 amide bonds. The van der Waals surface area contributed by atoms with Crippen molar-refractivity contribution in [3.63, 3.8) is 0 Å². The summed E-state index contributed by atoms with van der Waals surface area (Å²) in [7, 11) is -2.67. The summed E-state index contributed by atoms with van der Waals surface area (Å²) in [6.45, 7) is 0. The van der Waals surface area contributed by atoms with E-state index in [0.29, 0.717) is 17.8 Å². The number of benzene rings is 2. The number of rotatable bonds is 7. The molecule has 0 saturated heterocycles. The lowest BCUT2D eigenvalue weighted by molar-refractivity contribution is 0.0982. The quantitative estimate of drug-likeness (QED) is 0.409. The van der Waals surface area contributed by atoms with Crippen molar-refractivity contribution >= 4 is 21.4 Å². The minimum Gasteiger partial charge on any atom is -0.497 e. The molecule has 0 unspecified atom stereocenters. The maximum absolute atomic E-state index is 14.1. The van der Waals surface area contributed by atoms with Crippen LogP contribution in [-0.2, 0) is 16.3 Å². The van der Waals surface area contributed by atoms with Crippen LogP contribution >= 0.6 is 0 Å². The van der Waals surface area contributed by atoms with Crippen molar-refractivity contribution in [3.05, 3.63) is 84.2 Å². The first-order valence-electron chi connectivity index (χ1n) is 9.38. The van der Waals surface area contributed by atoms with E-state index < -0.39 is 20.5 Å². The van der Waals surface area contributed by atoms with Gasteiger partial charge in [0.1, 0.15) is 16.5 Å². The minimum absolute atomic E-state index is 0.0375. The highest BCUT2D eigenvalue weighted by molar-refractivity contribution is 7.91. The lowest BCUT2D eigenvalue weighted by Crippen LogP contribution is -2.06. The predicted molar refractivity (Wildman–Crippen MR) is 110 cm³/mol. The third-order valence-electron chi connectivity index (χ3n) is 4.87. The lowest BCUT2D eigenvalue weighted by Gasteiger charge is -2.09. The number of hydrogen-bond donors (Lipinski definition) is 0. The van der Waals surface area contributed by atoms with E-state index in [1.54, 1.807) is 35.1 Å². The monoisotopic (exact) mass is 439 g/mol. The number of aromatic nitrogens is 3. The van der Waals surface area contributed by atoms with E-state index in [4.69, 9.17) is 4.74 Å². The van der Waals surface area contributed by atoms with Gasteiger partial charge in [0.25, 0.3) is 0 Å². The molecule has 9 heteroatoms. The van der Waals surface area contributed by atoms with Gasteiger partial charge >= 0.3 is 0 Å². The van der Waals surface area contributed by atoms with Crippen LogP contribution in [0.3, 0.4) is 0 Å². The van der Waals surface area contributed by atoms with Crippen LogP contribution in [-0.4, -0.2) is 35.7 Å². The highest BCUT2D eigenvalue weighted by atomic mass is 32.2. The summed E-state index contributed by atoms with van der Waals surface area (Å²) in [5.41, 5.74) is 1.26. The molecule has 0 saturated carbocycles. The molecule has 2 heterocycles. The number of nitrogens with zero attached hydrogens (tertiary/aromatic N) is 3. The summed E-state index contributed by atoms with van der Waals surface area (Å²) in [5, 5.41) is 0. The second-order valence-corrected chi connectivity index (χ2v) is 8.76. The van der Waals surface area contributed by atoms with Gasteiger partial charge in [-0.1, -0.05) is 12.1 Å². The number of Topliss-reactive ketones (excluding diaryl/α,β-unsaturated/α-hetero) is 1. The van der Waals surface area contributed by atoms with Crippen molar-refractivity contribution in [1.29, 1.82) is 0 Å². The van der Waals surface area contributed by atoms with Gasteiger partial charge in [-0.3, -0.25) is 9.20 Å². The van der Waals surface area contributed by atoms with E-state index in [-0.39, 0.29) is 22.8 Å². The normalized spacial score (nSPS) is 11.5. The first-order chi connectivity index (χ1) is 14.9. The van der Waals surface area contributed by atoms with Crippen molar-refractivity contribution in [2.45, 2.75) is 22.6 Å². The van der Waals surface area contributed by atoms with Crippen LogP contribution in [0.25, 0.3) is 5.78 Å². The van der Waals surface area contributed by atoms with Gasteiger partial charge in [-0.25, -0.2) is 22.8 Å². The molecule has 0 radical (unpaired) electrons. The number of hydrogen-bond acceptors (Lipinski definition) is 6. The summed E-state index contributed by atoms with van der Waals surface area (Å²) in [4.78, 5) is 20.2. The van der Waals surface area contributed by atoms with E-state index in [9.17, 15) is 17.6 Å². The van der Waals surface area contributed by atoms with Crippen molar-refractivity contribution in [2.75, 3.05) is 7.11 Å². The molecule has 0 N–H and O–H groups in total. The van der Waals surface area contributed by atoms with Gasteiger partial charge in [0.2, 0.25) is 15.6 Å². The average molecular weight is 439 g/mol. The van der Waals surface area contributed by atoms with Crippen LogP contribution in [0, 0.1) is 5.82 Å². The number of imidazole rings is 1. The molecule has 4 aromatic rings. The van der Waals surface area contributed by atoms with Gasteiger partial charge in [0, 0.05) is 37.3 Å². The van der Waals surface area contributed by atoms with Crippen molar-refractivity contribution < 1.29 is 22.3 Å². The smallest absolute Gasteiger partial charge is 0.233 e.